The van der Waals surface area contributed by atoms with E-state index in [2.05, 4.69) is 41.7 Å². The third-order valence-electron chi connectivity index (χ3n) is 2.60. The number of thioether (sulfide) groups is 2. The summed E-state index contributed by atoms with van der Waals surface area (Å²) in [4.78, 5) is 0. The minimum Gasteiger partial charge on any atom is -0.315 e. The van der Waals surface area contributed by atoms with Crippen molar-refractivity contribution in [1.82, 2.24) is 5.32 Å². The Morgan fingerprint density at radius 2 is 2.21 bits per heavy atom. The summed E-state index contributed by atoms with van der Waals surface area (Å²) in [6.07, 6.45) is 7.50. The highest BCUT2D eigenvalue weighted by atomic mass is 32.2. The molecule has 80 valence electrons. The molecule has 1 fully saturated rings. The topological polar surface area (TPSA) is 12.0 Å². The van der Waals surface area contributed by atoms with Gasteiger partial charge in [0.2, 0.25) is 0 Å². The van der Waals surface area contributed by atoms with Crippen LogP contribution in [0.4, 0.5) is 0 Å². The molecular weight excluding hydrogens is 210 g/mol. The smallest absolute Gasteiger partial charge is 0.0329 e. The van der Waals surface area contributed by atoms with Crippen molar-refractivity contribution in [2.45, 2.75) is 36.3 Å². The van der Waals surface area contributed by atoms with Crippen LogP contribution in [-0.4, -0.2) is 35.1 Å². The van der Waals surface area contributed by atoms with E-state index < -0.39 is 0 Å². The molecule has 1 aliphatic heterocycles. The van der Waals surface area contributed by atoms with Crippen LogP contribution >= 0.6 is 23.5 Å². The molecule has 3 unspecified atom stereocenters. The Labute approximate surface area is 96.2 Å². The number of hydrogen-bond donors (Lipinski definition) is 1. The lowest BCUT2D eigenvalue weighted by atomic mass is 10.1. The lowest BCUT2D eigenvalue weighted by Crippen LogP contribution is -2.43. The van der Waals surface area contributed by atoms with Crippen LogP contribution < -0.4 is 5.32 Å². The maximum atomic E-state index is 5.39. The van der Waals surface area contributed by atoms with Crippen molar-refractivity contribution in [2.75, 3.05) is 18.6 Å². The second-order valence-corrected chi connectivity index (χ2v) is 6.09. The molecule has 0 aromatic rings. The van der Waals surface area contributed by atoms with Gasteiger partial charge in [-0.2, -0.15) is 23.5 Å². The molecule has 1 heterocycles. The Kier molecular flexibility index (Phi) is 5.84. The van der Waals surface area contributed by atoms with Crippen LogP contribution in [0.2, 0.25) is 0 Å². The standard InChI is InChI=1S/C11H19NS2/c1-4-6-9(12-3)11-10(5-2)13-7-8-14-11/h1,9-12H,5-8H2,2-3H3. The Bertz CT molecular complexity index is 200. The van der Waals surface area contributed by atoms with E-state index in [0.717, 1.165) is 11.7 Å². The fourth-order valence-corrected chi connectivity index (χ4v) is 5.12. The van der Waals surface area contributed by atoms with E-state index in [9.17, 15) is 0 Å². The maximum Gasteiger partial charge on any atom is 0.0329 e. The monoisotopic (exact) mass is 229 g/mol. The maximum absolute atomic E-state index is 5.39. The van der Waals surface area contributed by atoms with Crippen LogP contribution in [-0.2, 0) is 0 Å². The first kappa shape index (κ1) is 12.3. The minimum atomic E-state index is 0.489. The normalized spacial score (nSPS) is 29.5. The third-order valence-corrected chi connectivity index (χ3v) is 6.01. The largest absolute Gasteiger partial charge is 0.315 e. The van der Waals surface area contributed by atoms with E-state index in [1.54, 1.807) is 0 Å². The molecule has 3 atom stereocenters. The van der Waals surface area contributed by atoms with Gasteiger partial charge < -0.3 is 5.32 Å². The van der Waals surface area contributed by atoms with Crippen molar-refractivity contribution >= 4 is 23.5 Å². The Morgan fingerprint density at radius 1 is 1.50 bits per heavy atom. The summed E-state index contributed by atoms with van der Waals surface area (Å²) >= 11 is 4.20. The van der Waals surface area contributed by atoms with Gasteiger partial charge >= 0.3 is 0 Å². The Morgan fingerprint density at radius 3 is 2.79 bits per heavy atom. The Hall–Kier alpha value is 0.220. The molecule has 1 N–H and O–H groups in total. The van der Waals surface area contributed by atoms with Gasteiger partial charge in [0.25, 0.3) is 0 Å². The van der Waals surface area contributed by atoms with E-state index in [-0.39, 0.29) is 0 Å². The van der Waals surface area contributed by atoms with Gasteiger partial charge in [-0.3, -0.25) is 0 Å². The van der Waals surface area contributed by atoms with Crippen LogP contribution in [0, 0.1) is 12.3 Å². The Balaban J connectivity index is 2.56. The van der Waals surface area contributed by atoms with Crippen molar-refractivity contribution in [3.05, 3.63) is 0 Å². The van der Waals surface area contributed by atoms with Gasteiger partial charge in [-0.1, -0.05) is 6.92 Å². The zero-order valence-corrected chi connectivity index (χ0v) is 10.6. The van der Waals surface area contributed by atoms with Crippen LogP contribution in [0.1, 0.15) is 19.8 Å². The van der Waals surface area contributed by atoms with Crippen molar-refractivity contribution in [2.24, 2.45) is 0 Å². The summed E-state index contributed by atoms with van der Waals surface area (Å²) < 4.78 is 0. The van der Waals surface area contributed by atoms with Gasteiger partial charge in [0.15, 0.2) is 0 Å². The lowest BCUT2D eigenvalue weighted by Gasteiger charge is -2.35. The molecule has 0 amide bonds. The van der Waals surface area contributed by atoms with E-state index in [1.807, 2.05) is 7.05 Å². The first-order valence-electron chi connectivity index (χ1n) is 5.17. The molecule has 1 aliphatic rings. The number of nitrogens with one attached hydrogen (secondary N) is 1. The van der Waals surface area contributed by atoms with Crippen molar-refractivity contribution in [3.8, 4) is 12.3 Å². The zero-order chi connectivity index (χ0) is 10.4. The van der Waals surface area contributed by atoms with Crippen LogP contribution in [0.3, 0.4) is 0 Å². The van der Waals surface area contributed by atoms with E-state index in [4.69, 9.17) is 6.42 Å². The summed E-state index contributed by atoms with van der Waals surface area (Å²) in [5, 5.41) is 4.83. The highest BCUT2D eigenvalue weighted by Crippen LogP contribution is 2.35. The van der Waals surface area contributed by atoms with Gasteiger partial charge in [-0.15, -0.1) is 12.3 Å². The number of hydrogen-bond acceptors (Lipinski definition) is 3. The molecule has 14 heavy (non-hydrogen) atoms. The van der Waals surface area contributed by atoms with Crippen molar-refractivity contribution in [3.63, 3.8) is 0 Å². The molecule has 0 bridgehead atoms. The zero-order valence-electron chi connectivity index (χ0n) is 8.95. The van der Waals surface area contributed by atoms with Crippen molar-refractivity contribution in [1.29, 1.82) is 0 Å². The molecule has 0 radical (unpaired) electrons. The molecule has 0 aliphatic carbocycles. The molecule has 0 aromatic carbocycles. The number of terminal acetylenes is 1. The first-order valence-corrected chi connectivity index (χ1v) is 7.27. The lowest BCUT2D eigenvalue weighted by molar-refractivity contribution is 0.530. The molecule has 1 rings (SSSR count). The van der Waals surface area contributed by atoms with Crippen LogP contribution in [0.25, 0.3) is 0 Å². The van der Waals surface area contributed by atoms with E-state index in [1.165, 1.54) is 17.9 Å². The average molecular weight is 229 g/mol. The fraction of sp³-hybridized carbons (Fsp3) is 0.818. The van der Waals surface area contributed by atoms with Gasteiger partial charge in [0.05, 0.1) is 0 Å². The van der Waals surface area contributed by atoms with Crippen LogP contribution in [0.5, 0.6) is 0 Å². The summed E-state index contributed by atoms with van der Waals surface area (Å²) in [6, 6.07) is 0.489. The molecule has 0 saturated carbocycles. The second-order valence-electron chi connectivity index (χ2n) is 3.46. The molecule has 0 spiro atoms. The average Bonchev–Trinajstić information content (AvgIpc) is 2.26. The van der Waals surface area contributed by atoms with Gasteiger partial charge in [0, 0.05) is 34.5 Å². The predicted octanol–water partition coefficient (Wildman–Crippen LogP) is 2.22. The van der Waals surface area contributed by atoms with Gasteiger partial charge in [-0.05, 0) is 13.5 Å². The quantitative estimate of drug-likeness (QED) is 0.743. The highest BCUT2D eigenvalue weighted by Gasteiger charge is 2.30. The molecule has 3 heteroatoms. The molecule has 1 nitrogen and oxygen atoms in total. The van der Waals surface area contributed by atoms with E-state index >= 15 is 0 Å². The van der Waals surface area contributed by atoms with Gasteiger partial charge in [-0.25, -0.2) is 0 Å². The minimum absolute atomic E-state index is 0.489. The molecule has 0 aromatic heterocycles. The molecular formula is C11H19NS2. The first-order chi connectivity index (χ1) is 6.83. The fourth-order valence-electron chi connectivity index (χ4n) is 1.82. The highest BCUT2D eigenvalue weighted by molar-refractivity contribution is 8.07. The number of rotatable bonds is 4. The summed E-state index contributed by atoms with van der Waals surface area (Å²) in [7, 11) is 2.02. The van der Waals surface area contributed by atoms with Crippen molar-refractivity contribution < 1.29 is 0 Å². The third kappa shape index (κ3) is 3.12. The summed E-state index contributed by atoms with van der Waals surface area (Å²) in [5.74, 6) is 5.35. The SMILES string of the molecule is C#CCC(NC)C1SCCSC1CC. The predicted molar refractivity (Wildman–Crippen MR) is 69.1 cm³/mol. The summed E-state index contributed by atoms with van der Waals surface area (Å²) in [5.41, 5.74) is 0. The second kappa shape index (κ2) is 6.66. The van der Waals surface area contributed by atoms with E-state index in [0.29, 0.717) is 11.3 Å². The van der Waals surface area contributed by atoms with Crippen LogP contribution in [0.15, 0.2) is 0 Å². The van der Waals surface area contributed by atoms with Gasteiger partial charge in [0.1, 0.15) is 0 Å². The summed E-state index contributed by atoms with van der Waals surface area (Å²) in [6.45, 7) is 2.28. The molecule has 1 saturated heterocycles.